The van der Waals surface area contributed by atoms with Crippen LogP contribution in [0.3, 0.4) is 0 Å². The Kier molecular flexibility index (Phi) is 4.34. The first kappa shape index (κ1) is 16.5. The molecule has 0 saturated heterocycles. The molecule has 0 aliphatic heterocycles. The minimum Gasteiger partial charge on any atom is -0.324 e. The minimum atomic E-state index is -4.52. The monoisotopic (exact) mass is 328 g/mol. The number of nitrogens with zero attached hydrogens (tertiary/aromatic N) is 3. The third-order valence-electron chi connectivity index (χ3n) is 3.03. The number of alkyl halides is 3. The highest BCUT2D eigenvalue weighted by molar-refractivity contribution is 5.93. The summed E-state index contributed by atoms with van der Waals surface area (Å²) in [5.74, 6) is -0.651. The summed E-state index contributed by atoms with van der Waals surface area (Å²) in [7, 11) is 0. The molecule has 0 aliphatic rings. The molecule has 0 unspecified atom stereocenters. The second-order valence-corrected chi connectivity index (χ2v) is 4.68. The van der Waals surface area contributed by atoms with E-state index in [9.17, 15) is 28.1 Å². The van der Waals surface area contributed by atoms with Crippen LogP contribution in [-0.2, 0) is 11.0 Å². The fourth-order valence-corrected chi connectivity index (χ4v) is 1.77. The van der Waals surface area contributed by atoms with Crippen molar-refractivity contribution in [1.29, 1.82) is 0 Å². The van der Waals surface area contributed by atoms with E-state index in [1.165, 1.54) is 19.1 Å². The zero-order valence-corrected chi connectivity index (χ0v) is 11.7. The summed E-state index contributed by atoms with van der Waals surface area (Å²) in [5.41, 5.74) is -1.21. The quantitative estimate of drug-likeness (QED) is 0.690. The van der Waals surface area contributed by atoms with E-state index >= 15 is 0 Å². The Labute approximate surface area is 127 Å². The Balaban J connectivity index is 2.13. The SMILES string of the molecule is C[C@@H](C(=O)Nc1cccc(C(F)(F)F)c1)n1cc([N+](=O)[O-])cn1. The van der Waals surface area contributed by atoms with E-state index in [0.29, 0.717) is 0 Å². The Morgan fingerprint density at radius 1 is 1.43 bits per heavy atom. The summed E-state index contributed by atoms with van der Waals surface area (Å²) >= 11 is 0. The molecule has 0 aliphatic carbocycles. The molecule has 10 heteroatoms. The maximum Gasteiger partial charge on any atom is 0.416 e. The van der Waals surface area contributed by atoms with E-state index in [0.717, 1.165) is 29.2 Å². The van der Waals surface area contributed by atoms with Crippen LogP contribution in [0.25, 0.3) is 0 Å². The number of nitrogens with one attached hydrogen (secondary N) is 1. The molecule has 0 bridgehead atoms. The van der Waals surface area contributed by atoms with Crippen LogP contribution in [0.4, 0.5) is 24.5 Å². The molecule has 1 N–H and O–H groups in total. The third kappa shape index (κ3) is 3.84. The molecular formula is C13H11F3N4O3. The predicted octanol–water partition coefficient (Wildman–Crippen LogP) is 3.01. The van der Waals surface area contributed by atoms with Crippen LogP contribution in [0.5, 0.6) is 0 Å². The molecular weight excluding hydrogens is 317 g/mol. The lowest BCUT2D eigenvalue weighted by Crippen LogP contribution is -2.24. The number of hydrogen-bond acceptors (Lipinski definition) is 4. The van der Waals surface area contributed by atoms with Crippen molar-refractivity contribution in [1.82, 2.24) is 9.78 Å². The summed E-state index contributed by atoms with van der Waals surface area (Å²) in [6.07, 6.45) is -2.47. The maximum absolute atomic E-state index is 12.6. The number of halogens is 3. The number of rotatable bonds is 4. The third-order valence-corrected chi connectivity index (χ3v) is 3.03. The number of amides is 1. The number of nitro groups is 1. The van der Waals surface area contributed by atoms with Crippen LogP contribution in [0.2, 0.25) is 0 Å². The van der Waals surface area contributed by atoms with Crippen LogP contribution < -0.4 is 5.32 Å². The van der Waals surface area contributed by atoms with Gasteiger partial charge in [0.2, 0.25) is 5.91 Å². The second kappa shape index (κ2) is 6.07. The Hall–Kier alpha value is -2.91. The zero-order chi connectivity index (χ0) is 17.2. The number of hydrogen-bond donors (Lipinski definition) is 1. The highest BCUT2D eigenvalue weighted by Gasteiger charge is 2.30. The lowest BCUT2D eigenvalue weighted by molar-refractivity contribution is -0.385. The fourth-order valence-electron chi connectivity index (χ4n) is 1.77. The van der Waals surface area contributed by atoms with Gasteiger partial charge in [-0.3, -0.25) is 19.6 Å². The standard InChI is InChI=1S/C13H11F3N4O3/c1-8(19-7-11(6-17-19)20(22)23)12(21)18-10-4-2-3-9(5-10)13(14,15)16/h2-8H,1H3,(H,18,21)/t8-/m0/s1. The van der Waals surface area contributed by atoms with Gasteiger partial charge >= 0.3 is 11.9 Å². The van der Waals surface area contributed by atoms with Gasteiger partial charge in [0.05, 0.1) is 10.5 Å². The van der Waals surface area contributed by atoms with Crippen molar-refractivity contribution in [2.24, 2.45) is 0 Å². The van der Waals surface area contributed by atoms with Gasteiger partial charge in [-0.15, -0.1) is 0 Å². The molecule has 1 aromatic carbocycles. The molecule has 1 heterocycles. The van der Waals surface area contributed by atoms with Crippen molar-refractivity contribution >= 4 is 17.3 Å². The van der Waals surface area contributed by atoms with Crippen LogP contribution in [-0.4, -0.2) is 20.6 Å². The first-order valence-electron chi connectivity index (χ1n) is 6.35. The van der Waals surface area contributed by atoms with E-state index in [-0.39, 0.29) is 11.4 Å². The maximum atomic E-state index is 12.6. The van der Waals surface area contributed by atoms with Crippen LogP contribution in [0.15, 0.2) is 36.7 Å². The van der Waals surface area contributed by atoms with Gasteiger partial charge in [0.15, 0.2) is 0 Å². The van der Waals surface area contributed by atoms with E-state index in [1.54, 1.807) is 0 Å². The molecule has 1 amide bonds. The molecule has 2 aromatic rings. The lowest BCUT2D eigenvalue weighted by atomic mass is 10.2. The highest BCUT2D eigenvalue weighted by Crippen LogP contribution is 2.30. The second-order valence-electron chi connectivity index (χ2n) is 4.68. The van der Waals surface area contributed by atoms with E-state index in [4.69, 9.17) is 0 Å². The summed E-state index contributed by atoms with van der Waals surface area (Å²) in [4.78, 5) is 21.9. The van der Waals surface area contributed by atoms with Crippen molar-refractivity contribution in [2.75, 3.05) is 5.32 Å². The van der Waals surface area contributed by atoms with Crippen molar-refractivity contribution in [3.8, 4) is 0 Å². The first-order chi connectivity index (χ1) is 10.7. The minimum absolute atomic E-state index is 0.0293. The number of carbonyl (C=O) groups is 1. The molecule has 0 spiro atoms. The van der Waals surface area contributed by atoms with Crippen molar-refractivity contribution in [3.05, 3.63) is 52.3 Å². The normalized spacial score (nSPS) is 12.7. The number of aromatic nitrogens is 2. The van der Waals surface area contributed by atoms with Crippen LogP contribution >= 0.6 is 0 Å². The van der Waals surface area contributed by atoms with Gasteiger partial charge in [0.1, 0.15) is 18.4 Å². The van der Waals surface area contributed by atoms with Gasteiger partial charge in [0, 0.05) is 5.69 Å². The Morgan fingerprint density at radius 2 is 2.13 bits per heavy atom. The molecule has 122 valence electrons. The van der Waals surface area contributed by atoms with Crippen LogP contribution in [0, 0.1) is 10.1 Å². The first-order valence-corrected chi connectivity index (χ1v) is 6.35. The molecule has 0 saturated carbocycles. The van der Waals surface area contributed by atoms with Gasteiger partial charge in [-0.05, 0) is 25.1 Å². The molecule has 23 heavy (non-hydrogen) atoms. The largest absolute Gasteiger partial charge is 0.416 e. The topological polar surface area (TPSA) is 90.1 Å². The van der Waals surface area contributed by atoms with Crippen LogP contribution in [0.1, 0.15) is 18.5 Å². The predicted molar refractivity (Wildman–Crippen MR) is 73.7 cm³/mol. The van der Waals surface area contributed by atoms with Gasteiger partial charge in [-0.2, -0.15) is 18.3 Å². The van der Waals surface area contributed by atoms with Crippen molar-refractivity contribution < 1.29 is 22.9 Å². The fraction of sp³-hybridized carbons (Fsp3) is 0.231. The summed E-state index contributed by atoms with van der Waals surface area (Å²) < 4.78 is 38.9. The average molecular weight is 328 g/mol. The number of carbonyl (C=O) groups excluding carboxylic acids is 1. The van der Waals surface area contributed by atoms with E-state index in [1.807, 2.05) is 0 Å². The molecule has 1 aromatic heterocycles. The summed E-state index contributed by atoms with van der Waals surface area (Å²) in [6.45, 7) is 1.42. The van der Waals surface area contributed by atoms with Crippen molar-refractivity contribution in [3.63, 3.8) is 0 Å². The smallest absolute Gasteiger partial charge is 0.324 e. The van der Waals surface area contributed by atoms with Gasteiger partial charge in [0.25, 0.3) is 0 Å². The van der Waals surface area contributed by atoms with E-state index < -0.39 is 28.6 Å². The molecule has 7 nitrogen and oxygen atoms in total. The summed E-state index contributed by atoms with van der Waals surface area (Å²) in [5, 5.41) is 16.6. The highest BCUT2D eigenvalue weighted by atomic mass is 19.4. The molecule has 0 fully saturated rings. The number of benzene rings is 1. The molecule has 0 radical (unpaired) electrons. The Bertz CT molecular complexity index is 742. The molecule has 2 rings (SSSR count). The van der Waals surface area contributed by atoms with E-state index in [2.05, 4.69) is 10.4 Å². The van der Waals surface area contributed by atoms with Gasteiger partial charge in [-0.1, -0.05) is 6.07 Å². The van der Waals surface area contributed by atoms with Crippen molar-refractivity contribution in [2.45, 2.75) is 19.1 Å². The average Bonchev–Trinajstić information content (AvgIpc) is 2.95. The Morgan fingerprint density at radius 3 is 2.70 bits per heavy atom. The summed E-state index contributed by atoms with van der Waals surface area (Å²) in [6, 6.07) is 3.23. The molecule has 1 atom stereocenters. The van der Waals surface area contributed by atoms with Gasteiger partial charge in [-0.25, -0.2) is 0 Å². The number of anilines is 1. The van der Waals surface area contributed by atoms with Gasteiger partial charge < -0.3 is 5.32 Å². The zero-order valence-electron chi connectivity index (χ0n) is 11.7. The lowest BCUT2D eigenvalue weighted by Gasteiger charge is -2.13.